The number of nitro groups is 1. The summed E-state index contributed by atoms with van der Waals surface area (Å²) in [5.74, 6) is 0.512. The lowest BCUT2D eigenvalue weighted by Crippen LogP contribution is -2.31. The fourth-order valence-electron chi connectivity index (χ4n) is 3.51. The van der Waals surface area contributed by atoms with Crippen LogP contribution in [0, 0.1) is 17.0 Å². The van der Waals surface area contributed by atoms with E-state index in [9.17, 15) is 18.5 Å². The predicted molar refractivity (Wildman–Crippen MR) is 117 cm³/mol. The minimum atomic E-state index is -4.09. The van der Waals surface area contributed by atoms with Gasteiger partial charge in [-0.25, -0.2) is 13.4 Å². The Hall–Kier alpha value is -3.56. The fraction of sp³-hybridized carbons (Fsp3) is 0.136. The number of hydrogen-bond acceptors (Lipinski definition) is 5. The number of para-hydroxylation sites is 2. The molecule has 0 aliphatic rings. The second-order valence-electron chi connectivity index (χ2n) is 7.19. The topological polar surface area (TPSA) is 107 Å². The maximum atomic E-state index is 13.2. The summed E-state index contributed by atoms with van der Waals surface area (Å²) in [7, 11) is -2.27. The third kappa shape index (κ3) is 3.92. The Bertz CT molecular complexity index is 1380. The van der Waals surface area contributed by atoms with Gasteiger partial charge in [0.1, 0.15) is 11.9 Å². The van der Waals surface area contributed by atoms with Gasteiger partial charge in [-0.2, -0.15) is 4.72 Å². The van der Waals surface area contributed by atoms with Crippen molar-refractivity contribution in [3.05, 3.63) is 99.9 Å². The number of nitrogens with one attached hydrogen (secondary N) is 1. The monoisotopic (exact) mass is 436 g/mol. The van der Waals surface area contributed by atoms with Crippen molar-refractivity contribution in [2.24, 2.45) is 7.05 Å². The van der Waals surface area contributed by atoms with E-state index in [-0.39, 0.29) is 10.6 Å². The number of aryl methyl sites for hydroxylation is 2. The lowest BCUT2D eigenvalue weighted by Gasteiger charge is -2.19. The highest BCUT2D eigenvalue weighted by molar-refractivity contribution is 7.89. The number of nitrogens with zero attached hydrogens (tertiary/aromatic N) is 3. The largest absolute Gasteiger partial charge is 0.329 e. The summed E-state index contributed by atoms with van der Waals surface area (Å²) < 4.78 is 31.0. The summed E-state index contributed by atoms with van der Waals surface area (Å²) in [5.41, 5.74) is 2.45. The van der Waals surface area contributed by atoms with Crippen molar-refractivity contribution in [3.8, 4) is 0 Å². The molecule has 0 unspecified atom stereocenters. The Morgan fingerprint density at radius 2 is 1.71 bits per heavy atom. The van der Waals surface area contributed by atoms with Crippen LogP contribution in [0.1, 0.15) is 23.0 Å². The lowest BCUT2D eigenvalue weighted by molar-refractivity contribution is -0.385. The van der Waals surface area contributed by atoms with Gasteiger partial charge in [-0.15, -0.1) is 0 Å². The molecule has 0 saturated heterocycles. The van der Waals surface area contributed by atoms with E-state index in [1.165, 1.54) is 12.1 Å². The number of sulfonamides is 1. The number of hydrogen-bond donors (Lipinski definition) is 1. The molecular formula is C22H20N4O4S. The van der Waals surface area contributed by atoms with Crippen LogP contribution in [0.4, 0.5) is 5.69 Å². The minimum Gasteiger partial charge on any atom is -0.329 e. The zero-order valence-electron chi connectivity index (χ0n) is 16.9. The standard InChI is InChI=1S/C22H20N4O4S/c1-15-12-13-17(14-20(15)26(27)28)31(29,30)24-21(16-8-4-3-5-9-16)22-23-18-10-6-7-11-19(18)25(22)2/h3-14,21,24H,1-2H3/t21-/m1/s1. The van der Waals surface area contributed by atoms with Crippen LogP contribution < -0.4 is 4.72 Å². The molecule has 8 nitrogen and oxygen atoms in total. The molecule has 1 N–H and O–H groups in total. The zero-order valence-corrected chi connectivity index (χ0v) is 17.7. The van der Waals surface area contributed by atoms with Gasteiger partial charge in [0.2, 0.25) is 10.0 Å². The molecule has 0 bridgehead atoms. The quantitative estimate of drug-likeness (QED) is 0.365. The van der Waals surface area contributed by atoms with Crippen molar-refractivity contribution in [2.75, 3.05) is 0 Å². The van der Waals surface area contributed by atoms with Crippen LogP contribution in [0.15, 0.2) is 77.7 Å². The molecule has 0 saturated carbocycles. The normalized spacial score (nSPS) is 12.7. The smallest absolute Gasteiger partial charge is 0.273 e. The molecule has 0 aliphatic carbocycles. The second kappa shape index (κ2) is 7.93. The van der Waals surface area contributed by atoms with E-state index in [0.29, 0.717) is 17.0 Å². The molecule has 0 aliphatic heterocycles. The molecule has 0 spiro atoms. The lowest BCUT2D eigenvalue weighted by atomic mass is 10.1. The third-order valence-corrected chi connectivity index (χ3v) is 6.59. The molecule has 9 heteroatoms. The molecule has 0 amide bonds. The zero-order chi connectivity index (χ0) is 22.2. The van der Waals surface area contributed by atoms with Crippen LogP contribution in [0.2, 0.25) is 0 Å². The number of benzene rings is 3. The van der Waals surface area contributed by atoms with Gasteiger partial charge in [0, 0.05) is 18.7 Å². The first kappa shape index (κ1) is 20.7. The first-order chi connectivity index (χ1) is 14.8. The van der Waals surface area contributed by atoms with Gasteiger partial charge in [0.15, 0.2) is 0 Å². The third-order valence-electron chi connectivity index (χ3n) is 5.17. The molecule has 4 aromatic rings. The number of fused-ring (bicyclic) bond motifs is 1. The highest BCUT2D eigenvalue weighted by Gasteiger charge is 2.28. The summed E-state index contributed by atoms with van der Waals surface area (Å²) in [6.07, 6.45) is 0. The van der Waals surface area contributed by atoms with E-state index in [2.05, 4.69) is 9.71 Å². The van der Waals surface area contributed by atoms with Crippen molar-refractivity contribution >= 4 is 26.7 Å². The molecule has 4 rings (SSSR count). The Balaban J connectivity index is 1.83. The highest BCUT2D eigenvalue weighted by Crippen LogP contribution is 2.28. The Morgan fingerprint density at radius 3 is 2.39 bits per heavy atom. The van der Waals surface area contributed by atoms with Gasteiger partial charge in [-0.05, 0) is 30.7 Å². The van der Waals surface area contributed by atoms with Gasteiger partial charge in [-0.1, -0.05) is 48.5 Å². The van der Waals surface area contributed by atoms with Crippen molar-refractivity contribution < 1.29 is 13.3 Å². The van der Waals surface area contributed by atoms with Gasteiger partial charge in [0.25, 0.3) is 5.69 Å². The van der Waals surface area contributed by atoms with Crippen LogP contribution in [0.3, 0.4) is 0 Å². The number of imidazole rings is 1. The molecule has 1 atom stereocenters. The Morgan fingerprint density at radius 1 is 1.03 bits per heavy atom. The average Bonchev–Trinajstić information content (AvgIpc) is 3.09. The molecular weight excluding hydrogens is 416 g/mol. The minimum absolute atomic E-state index is 0.176. The number of rotatable bonds is 6. The SMILES string of the molecule is Cc1ccc(S(=O)(=O)N[C@H](c2ccccc2)c2nc3ccccc3n2C)cc1[N+](=O)[O-]. The summed E-state index contributed by atoms with van der Waals surface area (Å²) in [6.45, 7) is 1.56. The maximum Gasteiger partial charge on any atom is 0.273 e. The van der Waals surface area contributed by atoms with Crippen LogP contribution in [-0.4, -0.2) is 22.9 Å². The fourth-order valence-corrected chi connectivity index (χ4v) is 4.72. The van der Waals surface area contributed by atoms with Crippen LogP contribution >= 0.6 is 0 Å². The van der Waals surface area contributed by atoms with Crippen LogP contribution in [-0.2, 0) is 17.1 Å². The van der Waals surface area contributed by atoms with E-state index in [1.807, 2.05) is 66.2 Å². The van der Waals surface area contributed by atoms with Crippen molar-refractivity contribution in [3.63, 3.8) is 0 Å². The molecule has 1 aromatic heterocycles. The van der Waals surface area contributed by atoms with Gasteiger partial charge < -0.3 is 4.57 Å². The molecule has 0 radical (unpaired) electrons. The molecule has 3 aromatic carbocycles. The Labute approximate surface area is 179 Å². The average molecular weight is 436 g/mol. The van der Waals surface area contributed by atoms with Gasteiger partial charge >= 0.3 is 0 Å². The molecule has 0 fully saturated rings. The molecule has 1 heterocycles. The summed E-state index contributed by atoms with van der Waals surface area (Å²) in [6, 6.07) is 19.7. The van der Waals surface area contributed by atoms with Gasteiger partial charge in [0.05, 0.1) is 20.9 Å². The molecule has 31 heavy (non-hydrogen) atoms. The second-order valence-corrected chi connectivity index (χ2v) is 8.90. The van der Waals surface area contributed by atoms with Crippen LogP contribution in [0.25, 0.3) is 11.0 Å². The van der Waals surface area contributed by atoms with E-state index in [1.54, 1.807) is 6.92 Å². The Kier molecular flexibility index (Phi) is 5.30. The predicted octanol–water partition coefficient (Wildman–Crippen LogP) is 3.86. The first-order valence-electron chi connectivity index (χ1n) is 9.51. The van der Waals surface area contributed by atoms with Crippen LogP contribution in [0.5, 0.6) is 0 Å². The summed E-state index contributed by atoms with van der Waals surface area (Å²) >= 11 is 0. The van der Waals surface area contributed by atoms with Crippen molar-refractivity contribution in [1.29, 1.82) is 0 Å². The maximum absolute atomic E-state index is 13.2. The van der Waals surface area contributed by atoms with Crippen molar-refractivity contribution in [2.45, 2.75) is 17.9 Å². The van der Waals surface area contributed by atoms with Gasteiger partial charge in [-0.3, -0.25) is 10.1 Å². The van der Waals surface area contributed by atoms with Crippen molar-refractivity contribution in [1.82, 2.24) is 14.3 Å². The first-order valence-corrected chi connectivity index (χ1v) is 11.0. The van der Waals surface area contributed by atoms with E-state index < -0.39 is 21.0 Å². The van der Waals surface area contributed by atoms with E-state index >= 15 is 0 Å². The highest BCUT2D eigenvalue weighted by atomic mass is 32.2. The summed E-state index contributed by atoms with van der Waals surface area (Å²) in [4.78, 5) is 15.2. The summed E-state index contributed by atoms with van der Waals surface area (Å²) in [5, 5.41) is 11.3. The van der Waals surface area contributed by atoms with E-state index in [4.69, 9.17) is 0 Å². The number of nitro benzene ring substituents is 1. The van der Waals surface area contributed by atoms with E-state index in [0.717, 1.165) is 17.1 Å². The molecule has 158 valence electrons. The number of aromatic nitrogens is 2.